The minimum Gasteiger partial charge on any atom is -0.347 e. The van der Waals surface area contributed by atoms with Crippen LogP contribution < -0.4 is 15.8 Å². The quantitative estimate of drug-likeness (QED) is 0.515. The Morgan fingerprint density at radius 3 is 2.67 bits per heavy atom. The lowest BCUT2D eigenvalue weighted by molar-refractivity contribution is -0.116. The van der Waals surface area contributed by atoms with E-state index in [1.165, 1.54) is 40.4 Å². The van der Waals surface area contributed by atoms with Crippen LogP contribution in [0.15, 0.2) is 65.7 Å². The van der Waals surface area contributed by atoms with Crippen LogP contribution in [-0.2, 0) is 17.9 Å². The highest BCUT2D eigenvalue weighted by Crippen LogP contribution is 2.25. The van der Waals surface area contributed by atoms with E-state index in [2.05, 4.69) is 15.3 Å². The van der Waals surface area contributed by atoms with Gasteiger partial charge in [0.25, 0.3) is 5.56 Å². The summed E-state index contributed by atoms with van der Waals surface area (Å²) in [6.07, 6.45) is 1.28. The minimum atomic E-state index is -0.541. The van der Waals surface area contributed by atoms with Crippen LogP contribution in [0, 0.1) is 5.82 Å². The molecule has 0 saturated carbocycles. The van der Waals surface area contributed by atoms with Crippen molar-refractivity contribution in [1.29, 1.82) is 0 Å². The number of rotatable bonds is 6. The Kier molecular flexibility index (Phi) is 5.53. The number of nitrogens with zero attached hydrogens (tertiary/aromatic N) is 4. The molecule has 0 atom stereocenters. The van der Waals surface area contributed by atoms with Crippen molar-refractivity contribution < 1.29 is 9.18 Å². The van der Waals surface area contributed by atoms with Gasteiger partial charge in [-0.2, -0.15) is 4.98 Å². The maximum Gasteiger partial charge on any atom is 0.273 e. The van der Waals surface area contributed by atoms with Crippen molar-refractivity contribution in [3.05, 3.63) is 82.7 Å². The summed E-state index contributed by atoms with van der Waals surface area (Å²) < 4.78 is 15.3. The van der Waals surface area contributed by atoms with Gasteiger partial charge >= 0.3 is 0 Å². The van der Waals surface area contributed by atoms with E-state index in [0.717, 1.165) is 5.56 Å². The van der Waals surface area contributed by atoms with Crippen LogP contribution >= 0.6 is 11.3 Å². The molecule has 1 amide bonds. The van der Waals surface area contributed by atoms with Crippen molar-refractivity contribution in [2.75, 3.05) is 17.3 Å². The molecule has 0 unspecified atom stereocenters. The molecule has 30 heavy (non-hydrogen) atoms. The second-order valence-electron chi connectivity index (χ2n) is 6.70. The predicted octanol–water partition coefficient (Wildman–Crippen LogP) is 3.27. The van der Waals surface area contributed by atoms with Gasteiger partial charge in [-0.3, -0.25) is 14.2 Å². The number of benzene rings is 2. The number of nitrogens with one attached hydrogen (secondary N) is 1. The molecule has 0 aliphatic rings. The van der Waals surface area contributed by atoms with Gasteiger partial charge in [-0.25, -0.2) is 9.37 Å². The molecule has 0 radical (unpaired) electrons. The lowest BCUT2D eigenvalue weighted by Crippen LogP contribution is -2.27. The molecule has 0 saturated heterocycles. The number of thiazole rings is 1. The number of hydrogen-bond acceptors (Lipinski definition) is 6. The fourth-order valence-electron chi connectivity index (χ4n) is 2.94. The van der Waals surface area contributed by atoms with Crippen molar-refractivity contribution in [1.82, 2.24) is 14.5 Å². The van der Waals surface area contributed by atoms with E-state index in [-0.39, 0.29) is 17.8 Å². The molecule has 4 aromatic rings. The van der Waals surface area contributed by atoms with E-state index in [0.29, 0.717) is 22.0 Å². The Morgan fingerprint density at radius 1 is 1.17 bits per heavy atom. The fraction of sp³-hybridized carbons (Fsp3) is 0.143. The topological polar surface area (TPSA) is 80.1 Å². The molecule has 0 aliphatic heterocycles. The van der Waals surface area contributed by atoms with E-state index >= 15 is 0 Å². The van der Waals surface area contributed by atoms with E-state index in [1.54, 1.807) is 6.07 Å². The van der Waals surface area contributed by atoms with Crippen molar-refractivity contribution in [2.45, 2.75) is 13.1 Å². The molecule has 0 aliphatic carbocycles. The van der Waals surface area contributed by atoms with Crippen LogP contribution in [-0.4, -0.2) is 27.5 Å². The summed E-state index contributed by atoms with van der Waals surface area (Å²) in [5, 5.41) is 3.12. The lowest BCUT2D eigenvalue weighted by atomic mass is 10.2. The van der Waals surface area contributed by atoms with Crippen LogP contribution in [0.4, 0.5) is 15.2 Å². The molecule has 152 valence electrons. The first-order chi connectivity index (χ1) is 14.5. The van der Waals surface area contributed by atoms with Crippen LogP contribution in [0.1, 0.15) is 5.56 Å². The number of para-hydroxylation sites is 1. The number of fused-ring (bicyclic) bond motifs is 1. The SMILES string of the molecule is CN(Cc1ccccc1)c1nc2ncn(CC(=O)Nc3ccccc3F)c(=O)c2s1. The predicted molar refractivity (Wildman–Crippen MR) is 115 cm³/mol. The zero-order chi connectivity index (χ0) is 21.1. The Morgan fingerprint density at radius 2 is 1.90 bits per heavy atom. The van der Waals surface area contributed by atoms with Crippen molar-refractivity contribution in [3.63, 3.8) is 0 Å². The highest BCUT2D eigenvalue weighted by molar-refractivity contribution is 7.22. The van der Waals surface area contributed by atoms with Gasteiger partial charge in [0.1, 0.15) is 23.4 Å². The molecule has 4 rings (SSSR count). The molecule has 9 heteroatoms. The van der Waals surface area contributed by atoms with Gasteiger partial charge in [0.05, 0.1) is 5.69 Å². The average Bonchev–Trinajstić information content (AvgIpc) is 3.18. The third-order valence-electron chi connectivity index (χ3n) is 4.42. The minimum absolute atomic E-state index is 0.0622. The van der Waals surface area contributed by atoms with E-state index in [9.17, 15) is 14.0 Å². The van der Waals surface area contributed by atoms with Crippen LogP contribution in [0.2, 0.25) is 0 Å². The molecular formula is C21H18FN5O2S. The maximum absolute atomic E-state index is 13.7. The van der Waals surface area contributed by atoms with Crippen molar-refractivity contribution in [3.8, 4) is 0 Å². The summed E-state index contributed by atoms with van der Waals surface area (Å²) in [5.74, 6) is -1.06. The molecule has 1 N–H and O–H groups in total. The van der Waals surface area contributed by atoms with Gasteiger partial charge in [-0.15, -0.1) is 0 Å². The molecule has 7 nitrogen and oxygen atoms in total. The molecule has 2 aromatic heterocycles. The summed E-state index contributed by atoms with van der Waals surface area (Å²) in [4.78, 5) is 35.6. The van der Waals surface area contributed by atoms with Gasteiger partial charge in [0.15, 0.2) is 10.8 Å². The van der Waals surface area contributed by atoms with Gasteiger partial charge in [-0.05, 0) is 17.7 Å². The molecule has 0 bridgehead atoms. The average molecular weight is 423 g/mol. The Hall–Kier alpha value is -3.59. The third kappa shape index (κ3) is 4.20. The number of carbonyl (C=O) groups is 1. The molecule has 0 spiro atoms. The number of amides is 1. The Balaban J connectivity index is 1.53. The second kappa shape index (κ2) is 8.42. The van der Waals surface area contributed by atoms with Crippen LogP contribution in [0.25, 0.3) is 10.3 Å². The Labute approximate surface area is 175 Å². The highest BCUT2D eigenvalue weighted by atomic mass is 32.1. The maximum atomic E-state index is 13.7. The van der Waals surface area contributed by atoms with Gasteiger partial charge < -0.3 is 10.2 Å². The zero-order valence-electron chi connectivity index (χ0n) is 16.1. The lowest BCUT2D eigenvalue weighted by Gasteiger charge is -2.15. The highest BCUT2D eigenvalue weighted by Gasteiger charge is 2.15. The second-order valence-corrected chi connectivity index (χ2v) is 7.67. The van der Waals surface area contributed by atoms with E-state index in [4.69, 9.17) is 0 Å². The number of hydrogen-bond donors (Lipinski definition) is 1. The largest absolute Gasteiger partial charge is 0.347 e. The summed E-state index contributed by atoms with van der Waals surface area (Å²) in [7, 11) is 1.89. The van der Waals surface area contributed by atoms with E-state index < -0.39 is 11.7 Å². The van der Waals surface area contributed by atoms with Gasteiger partial charge in [-0.1, -0.05) is 53.8 Å². The zero-order valence-corrected chi connectivity index (χ0v) is 16.9. The first-order valence-electron chi connectivity index (χ1n) is 9.16. The smallest absolute Gasteiger partial charge is 0.273 e. The van der Waals surface area contributed by atoms with Gasteiger partial charge in [0.2, 0.25) is 5.91 Å². The van der Waals surface area contributed by atoms with Crippen molar-refractivity contribution >= 4 is 38.4 Å². The molecular weight excluding hydrogens is 405 g/mol. The third-order valence-corrected chi connectivity index (χ3v) is 5.57. The fourth-order valence-corrected chi connectivity index (χ4v) is 3.87. The number of halogens is 1. The normalized spacial score (nSPS) is 10.9. The number of aromatic nitrogens is 3. The summed E-state index contributed by atoms with van der Waals surface area (Å²) in [6.45, 7) is 0.364. The monoisotopic (exact) mass is 423 g/mol. The Bertz CT molecular complexity index is 1260. The number of anilines is 2. The first-order valence-corrected chi connectivity index (χ1v) is 9.98. The first kappa shape index (κ1) is 19.7. The number of carbonyl (C=O) groups excluding carboxylic acids is 1. The standard InChI is InChI=1S/C21H18FN5O2S/c1-26(11-14-7-3-2-4-8-14)21-25-19-18(30-21)20(29)27(13-23-19)12-17(28)24-16-10-6-5-9-15(16)22/h2-10,13H,11-12H2,1H3,(H,24,28). The summed E-state index contributed by atoms with van der Waals surface area (Å²) >= 11 is 1.23. The van der Waals surface area contributed by atoms with E-state index in [1.807, 2.05) is 42.3 Å². The van der Waals surface area contributed by atoms with Crippen molar-refractivity contribution in [2.24, 2.45) is 0 Å². The molecule has 2 aromatic carbocycles. The summed E-state index contributed by atoms with van der Waals surface area (Å²) in [6, 6.07) is 15.8. The van der Waals surface area contributed by atoms with Crippen LogP contribution in [0.5, 0.6) is 0 Å². The molecule has 2 heterocycles. The summed E-state index contributed by atoms with van der Waals surface area (Å²) in [5.41, 5.74) is 1.16. The van der Waals surface area contributed by atoms with Gasteiger partial charge in [0, 0.05) is 13.6 Å². The molecule has 0 fully saturated rings. The van der Waals surface area contributed by atoms with Crippen LogP contribution in [0.3, 0.4) is 0 Å².